The lowest BCUT2D eigenvalue weighted by molar-refractivity contribution is -0.171. The van der Waals surface area contributed by atoms with E-state index in [1.54, 1.807) is 5.57 Å². The molecule has 0 amide bonds. The van der Waals surface area contributed by atoms with Crippen LogP contribution in [0.4, 0.5) is 0 Å². The van der Waals surface area contributed by atoms with Crippen molar-refractivity contribution in [2.75, 3.05) is 6.61 Å². The van der Waals surface area contributed by atoms with E-state index in [-0.39, 0.29) is 27.1 Å². The van der Waals surface area contributed by atoms with Crippen LogP contribution in [0.3, 0.4) is 0 Å². The Morgan fingerprint density at radius 1 is 0.844 bits per heavy atom. The molecule has 2 heteroatoms. The van der Waals surface area contributed by atoms with E-state index in [2.05, 4.69) is 54.5 Å². The number of ketones is 1. The van der Waals surface area contributed by atoms with Crippen molar-refractivity contribution in [3.8, 4) is 0 Å². The fraction of sp³-hybridized carbons (Fsp3) is 0.900. The molecule has 7 atom stereocenters. The van der Waals surface area contributed by atoms with Gasteiger partial charge < -0.3 is 5.11 Å². The second kappa shape index (κ2) is 6.73. The van der Waals surface area contributed by atoms with E-state index in [1.807, 2.05) is 0 Å². The van der Waals surface area contributed by atoms with Crippen LogP contribution in [-0.4, -0.2) is 17.5 Å². The first-order valence-electron chi connectivity index (χ1n) is 13.6. The molecule has 5 aliphatic rings. The normalized spacial score (nSPS) is 51.6. The molecule has 32 heavy (non-hydrogen) atoms. The van der Waals surface area contributed by atoms with E-state index in [0.717, 1.165) is 19.3 Å². The van der Waals surface area contributed by atoms with Crippen molar-refractivity contribution in [2.24, 2.45) is 50.2 Å². The van der Waals surface area contributed by atoms with Crippen LogP contribution in [-0.2, 0) is 4.79 Å². The Hall–Kier alpha value is -0.630. The van der Waals surface area contributed by atoms with Gasteiger partial charge in [0.25, 0.3) is 0 Å². The van der Waals surface area contributed by atoms with Gasteiger partial charge >= 0.3 is 0 Å². The molecule has 2 nitrogen and oxygen atoms in total. The van der Waals surface area contributed by atoms with Crippen LogP contribution >= 0.6 is 0 Å². The van der Waals surface area contributed by atoms with Crippen LogP contribution < -0.4 is 0 Å². The zero-order chi connectivity index (χ0) is 23.4. The highest BCUT2D eigenvalue weighted by molar-refractivity contribution is 5.85. The summed E-state index contributed by atoms with van der Waals surface area (Å²) >= 11 is 0. The van der Waals surface area contributed by atoms with Gasteiger partial charge in [-0.3, -0.25) is 4.79 Å². The number of aliphatic hydroxyl groups is 1. The molecule has 0 aromatic heterocycles. The van der Waals surface area contributed by atoms with Gasteiger partial charge in [-0.25, -0.2) is 0 Å². The summed E-state index contributed by atoms with van der Waals surface area (Å²) in [5, 5.41) is 10.7. The van der Waals surface area contributed by atoms with Gasteiger partial charge in [-0.15, -0.1) is 0 Å². The Labute approximate surface area is 197 Å². The SMILES string of the molecule is CC1(C)CC[C@]2(CO)CC=C3[C@]4(C)CC[C@@H]5C(C)(C)C(=O)CC[C@]5(C)[C@H]4CC[C@@]3(C)[C@@H]2C1. The van der Waals surface area contributed by atoms with Crippen LogP contribution in [0.2, 0.25) is 0 Å². The van der Waals surface area contributed by atoms with Crippen molar-refractivity contribution in [3.63, 3.8) is 0 Å². The molecule has 4 saturated carbocycles. The molecule has 0 bridgehead atoms. The molecular weight excluding hydrogens is 392 g/mol. The average Bonchev–Trinajstić information content (AvgIpc) is 2.71. The Morgan fingerprint density at radius 2 is 1.47 bits per heavy atom. The van der Waals surface area contributed by atoms with Crippen molar-refractivity contribution in [3.05, 3.63) is 11.6 Å². The molecule has 0 radical (unpaired) electrons. The summed E-state index contributed by atoms with van der Waals surface area (Å²) in [6.07, 6.45) is 14.2. The predicted molar refractivity (Wildman–Crippen MR) is 131 cm³/mol. The molecule has 0 aliphatic heterocycles. The first kappa shape index (κ1) is 23.1. The number of hydrogen-bond acceptors (Lipinski definition) is 2. The molecule has 0 spiro atoms. The number of fused-ring (bicyclic) bond motifs is 7. The molecular formula is C30H48O2. The summed E-state index contributed by atoms with van der Waals surface area (Å²) in [5.41, 5.74) is 2.79. The minimum atomic E-state index is -0.171. The largest absolute Gasteiger partial charge is 0.396 e. The summed E-state index contributed by atoms with van der Waals surface area (Å²) in [4.78, 5) is 12.9. The third-order valence-electron chi connectivity index (χ3n) is 12.6. The lowest BCUT2D eigenvalue weighted by atomic mass is 9.35. The second-order valence-electron chi connectivity index (χ2n) is 14.9. The lowest BCUT2D eigenvalue weighted by Gasteiger charge is -2.69. The number of rotatable bonds is 1. The highest BCUT2D eigenvalue weighted by Crippen LogP contribution is 2.74. The van der Waals surface area contributed by atoms with Crippen molar-refractivity contribution >= 4 is 5.78 Å². The number of Topliss-reactive ketones (excluding diaryl/α,β-unsaturated/α-hetero) is 1. The molecule has 0 heterocycles. The topological polar surface area (TPSA) is 37.3 Å². The number of carbonyl (C=O) groups is 1. The smallest absolute Gasteiger partial charge is 0.138 e. The summed E-state index contributed by atoms with van der Waals surface area (Å²) in [7, 11) is 0. The van der Waals surface area contributed by atoms with Crippen molar-refractivity contribution in [2.45, 2.75) is 113 Å². The predicted octanol–water partition coefficient (Wildman–Crippen LogP) is 7.35. The number of allylic oxidation sites excluding steroid dienone is 2. The van der Waals surface area contributed by atoms with E-state index in [4.69, 9.17) is 0 Å². The number of aliphatic hydroxyl groups excluding tert-OH is 1. The first-order valence-corrected chi connectivity index (χ1v) is 13.6. The van der Waals surface area contributed by atoms with Gasteiger partial charge in [-0.1, -0.05) is 60.1 Å². The highest BCUT2D eigenvalue weighted by Gasteiger charge is 2.67. The molecule has 4 fully saturated rings. The molecule has 1 N–H and O–H groups in total. The van der Waals surface area contributed by atoms with Crippen LogP contribution in [0.25, 0.3) is 0 Å². The molecule has 180 valence electrons. The Bertz CT molecular complexity index is 851. The van der Waals surface area contributed by atoms with Gasteiger partial charge in [0.05, 0.1) is 0 Å². The van der Waals surface area contributed by atoms with Gasteiger partial charge in [0, 0.05) is 23.9 Å². The minimum Gasteiger partial charge on any atom is -0.396 e. The molecule has 0 saturated heterocycles. The zero-order valence-electron chi connectivity index (χ0n) is 21.9. The van der Waals surface area contributed by atoms with E-state index in [0.29, 0.717) is 35.6 Å². The minimum absolute atomic E-state index is 0.0946. The summed E-state index contributed by atoms with van der Waals surface area (Å²) in [6.45, 7) is 17.5. The first-order chi connectivity index (χ1) is 14.8. The van der Waals surface area contributed by atoms with Crippen LogP contribution in [0.1, 0.15) is 113 Å². The lowest BCUT2D eigenvalue weighted by Crippen LogP contribution is -2.63. The van der Waals surface area contributed by atoms with E-state index < -0.39 is 0 Å². The standard InChI is InChI=1S/C30H48O2/c1-25(2)16-17-30(19-31)15-10-22-28(6)12-8-20-26(3,4)24(32)11-14-27(20,5)21(28)9-13-29(22,7)23(30)18-25/h10,20-21,23,31H,8-9,11-19H2,1-7H3/t20-,21-,23+,27+,28-,29-,30+/m1/s1. The monoisotopic (exact) mass is 440 g/mol. The quantitative estimate of drug-likeness (QED) is 0.433. The highest BCUT2D eigenvalue weighted by atomic mass is 16.3. The molecule has 5 rings (SSSR count). The maximum absolute atomic E-state index is 12.9. The van der Waals surface area contributed by atoms with E-state index in [9.17, 15) is 9.90 Å². The number of carbonyl (C=O) groups excluding carboxylic acids is 1. The fourth-order valence-corrected chi connectivity index (χ4v) is 10.7. The summed E-state index contributed by atoms with van der Waals surface area (Å²) in [6, 6.07) is 0. The van der Waals surface area contributed by atoms with Gasteiger partial charge in [-0.2, -0.15) is 0 Å². The maximum Gasteiger partial charge on any atom is 0.138 e. The molecule has 5 aliphatic carbocycles. The maximum atomic E-state index is 12.9. The van der Waals surface area contributed by atoms with Crippen molar-refractivity contribution in [1.29, 1.82) is 0 Å². The van der Waals surface area contributed by atoms with Crippen molar-refractivity contribution in [1.82, 2.24) is 0 Å². The fourth-order valence-electron chi connectivity index (χ4n) is 10.7. The second-order valence-corrected chi connectivity index (χ2v) is 14.9. The van der Waals surface area contributed by atoms with Crippen LogP contribution in [0.15, 0.2) is 11.6 Å². The zero-order valence-corrected chi connectivity index (χ0v) is 21.9. The molecule has 0 unspecified atom stereocenters. The van der Waals surface area contributed by atoms with E-state index in [1.165, 1.54) is 44.9 Å². The van der Waals surface area contributed by atoms with Gasteiger partial charge in [0.15, 0.2) is 0 Å². The van der Waals surface area contributed by atoms with Crippen molar-refractivity contribution < 1.29 is 9.90 Å². The third kappa shape index (κ3) is 2.77. The van der Waals surface area contributed by atoms with E-state index >= 15 is 0 Å². The Morgan fingerprint density at radius 3 is 2.12 bits per heavy atom. The summed E-state index contributed by atoms with van der Waals surface area (Å²) < 4.78 is 0. The molecule has 0 aromatic rings. The van der Waals surface area contributed by atoms with Gasteiger partial charge in [0.2, 0.25) is 0 Å². The van der Waals surface area contributed by atoms with Gasteiger partial charge in [0.1, 0.15) is 5.78 Å². The number of hydrogen-bond donors (Lipinski definition) is 1. The third-order valence-corrected chi connectivity index (χ3v) is 12.6. The van der Waals surface area contributed by atoms with Crippen LogP contribution in [0.5, 0.6) is 0 Å². The average molecular weight is 441 g/mol. The Kier molecular flexibility index (Phi) is 4.87. The van der Waals surface area contributed by atoms with Crippen LogP contribution in [0, 0.1) is 50.2 Å². The van der Waals surface area contributed by atoms with Gasteiger partial charge in [-0.05, 0) is 97.2 Å². The Balaban J connectivity index is 1.57. The molecule has 0 aromatic carbocycles. The summed E-state index contributed by atoms with van der Waals surface area (Å²) in [5.74, 6) is 2.29.